The van der Waals surface area contributed by atoms with Crippen molar-refractivity contribution in [3.63, 3.8) is 0 Å². The van der Waals surface area contributed by atoms with E-state index in [4.69, 9.17) is 4.74 Å². The second-order valence-corrected chi connectivity index (χ2v) is 7.79. The van der Waals surface area contributed by atoms with Crippen LogP contribution in [0.3, 0.4) is 0 Å². The van der Waals surface area contributed by atoms with Crippen molar-refractivity contribution in [3.8, 4) is 5.69 Å². The van der Waals surface area contributed by atoms with Crippen molar-refractivity contribution < 1.29 is 18.7 Å². The normalized spacial score (nSPS) is 10.8. The number of hydrogen-bond donors (Lipinski definition) is 1. The molecule has 0 unspecified atom stereocenters. The summed E-state index contributed by atoms with van der Waals surface area (Å²) in [6, 6.07) is 12.6. The number of aryl methyl sites for hydroxylation is 1. The minimum absolute atomic E-state index is 0.0512. The number of anilines is 1. The number of carbonyl (C=O) groups is 2. The zero-order valence-corrected chi connectivity index (χ0v) is 18.0. The van der Waals surface area contributed by atoms with Crippen molar-refractivity contribution in [1.82, 2.24) is 9.78 Å². The number of amides is 1. The Balaban J connectivity index is 1.89. The van der Waals surface area contributed by atoms with Crippen molar-refractivity contribution in [2.75, 3.05) is 11.9 Å². The second kappa shape index (κ2) is 8.72. The number of aromatic nitrogens is 2. The number of rotatable bonds is 5. The molecule has 9 heteroatoms. The largest absolute Gasteiger partial charge is 0.461 e. The Hall–Kier alpha value is -3.85. The van der Waals surface area contributed by atoms with Crippen molar-refractivity contribution in [2.24, 2.45) is 0 Å². The molecule has 0 saturated carbocycles. The topological polar surface area (TPSA) is 90.3 Å². The molecule has 7 nitrogen and oxygen atoms in total. The highest BCUT2D eigenvalue weighted by atomic mass is 32.1. The number of nitrogens with zero attached hydrogens (tertiary/aromatic N) is 2. The van der Waals surface area contributed by atoms with Crippen LogP contribution >= 0.6 is 11.3 Å². The number of carbonyl (C=O) groups excluding carboxylic acids is 2. The molecule has 2 aromatic heterocycles. The van der Waals surface area contributed by atoms with E-state index >= 15 is 0 Å². The fourth-order valence-electron chi connectivity index (χ4n) is 3.17. The Morgan fingerprint density at radius 3 is 2.56 bits per heavy atom. The molecular weight excluding hydrogens is 433 g/mol. The van der Waals surface area contributed by atoms with Gasteiger partial charge >= 0.3 is 5.97 Å². The number of hydrogen-bond acceptors (Lipinski definition) is 6. The first kappa shape index (κ1) is 21.4. The first-order valence-electron chi connectivity index (χ1n) is 9.75. The quantitative estimate of drug-likeness (QED) is 0.457. The van der Waals surface area contributed by atoms with E-state index in [2.05, 4.69) is 10.4 Å². The van der Waals surface area contributed by atoms with Crippen molar-refractivity contribution in [2.45, 2.75) is 13.8 Å². The summed E-state index contributed by atoms with van der Waals surface area (Å²) in [6.45, 7) is 3.70. The highest BCUT2D eigenvalue weighted by Crippen LogP contribution is 2.31. The van der Waals surface area contributed by atoms with Gasteiger partial charge in [-0.15, -0.1) is 11.3 Å². The van der Waals surface area contributed by atoms with E-state index < -0.39 is 23.3 Å². The average molecular weight is 451 g/mol. The molecule has 0 saturated heterocycles. The maximum absolute atomic E-state index is 14.0. The van der Waals surface area contributed by atoms with Gasteiger partial charge in [0.15, 0.2) is 5.69 Å². The van der Waals surface area contributed by atoms with Crippen molar-refractivity contribution in [3.05, 3.63) is 86.9 Å². The molecule has 4 rings (SSSR count). The molecular formula is C23H18FN3O4S. The number of esters is 1. The second-order valence-electron chi connectivity index (χ2n) is 6.91. The third kappa shape index (κ3) is 3.90. The molecule has 0 aliphatic heterocycles. The summed E-state index contributed by atoms with van der Waals surface area (Å²) in [5, 5.41) is 8.93. The van der Waals surface area contributed by atoms with E-state index in [0.717, 1.165) is 21.6 Å². The van der Waals surface area contributed by atoms with Gasteiger partial charge in [-0.25, -0.2) is 9.18 Å². The summed E-state index contributed by atoms with van der Waals surface area (Å²) in [5.41, 5.74) is 0.701. The van der Waals surface area contributed by atoms with Gasteiger partial charge in [0.1, 0.15) is 10.8 Å². The fourth-order valence-corrected chi connectivity index (χ4v) is 4.10. The summed E-state index contributed by atoms with van der Waals surface area (Å²) >= 11 is 1.05. The van der Waals surface area contributed by atoms with Crippen LogP contribution in [0.25, 0.3) is 16.5 Å². The fraction of sp³-hybridized carbons (Fsp3) is 0.130. The zero-order chi connectivity index (χ0) is 22.8. The Bertz CT molecular complexity index is 1390. The molecule has 0 aliphatic rings. The molecule has 32 heavy (non-hydrogen) atoms. The third-order valence-corrected chi connectivity index (χ3v) is 5.64. The van der Waals surface area contributed by atoms with Gasteiger partial charge in [-0.3, -0.25) is 9.59 Å². The van der Waals surface area contributed by atoms with Gasteiger partial charge in [0.2, 0.25) is 0 Å². The Labute approximate surface area is 186 Å². The zero-order valence-electron chi connectivity index (χ0n) is 17.2. The summed E-state index contributed by atoms with van der Waals surface area (Å²) in [7, 11) is 0. The number of halogens is 1. The van der Waals surface area contributed by atoms with Crippen LogP contribution in [0.5, 0.6) is 0 Å². The van der Waals surface area contributed by atoms with E-state index in [-0.39, 0.29) is 33.6 Å². The van der Waals surface area contributed by atoms with Crippen LogP contribution in [-0.4, -0.2) is 28.3 Å². The molecule has 1 amide bonds. The highest BCUT2D eigenvalue weighted by Gasteiger charge is 2.23. The standard InChI is InChI=1S/C23H18FN3O4S/c1-3-31-23(30)19-16-12-32-21(25-20(28)15-6-4-5-7-17(15)24)18(16)22(29)27(26-19)14-10-8-13(2)9-11-14/h4-12H,3H2,1-2H3,(H,25,28). The van der Waals surface area contributed by atoms with Gasteiger partial charge in [0.25, 0.3) is 11.5 Å². The van der Waals surface area contributed by atoms with Crippen LogP contribution in [-0.2, 0) is 4.74 Å². The first-order chi connectivity index (χ1) is 15.4. The van der Waals surface area contributed by atoms with Gasteiger partial charge in [0.05, 0.1) is 23.2 Å². The molecule has 0 spiro atoms. The SMILES string of the molecule is CCOC(=O)c1nn(-c2ccc(C)cc2)c(=O)c2c(NC(=O)c3ccccc3F)scc12. The molecule has 0 radical (unpaired) electrons. The Morgan fingerprint density at radius 1 is 1.16 bits per heavy atom. The van der Waals surface area contributed by atoms with E-state index in [0.29, 0.717) is 5.69 Å². The van der Waals surface area contributed by atoms with Crippen molar-refractivity contribution in [1.29, 1.82) is 0 Å². The predicted octanol–water partition coefficient (Wildman–Crippen LogP) is 4.32. The molecule has 1 N–H and O–H groups in total. The third-order valence-electron chi connectivity index (χ3n) is 4.75. The Kier molecular flexibility index (Phi) is 5.83. The molecule has 2 aromatic carbocycles. The predicted molar refractivity (Wildman–Crippen MR) is 120 cm³/mol. The molecule has 162 valence electrons. The van der Waals surface area contributed by atoms with Crippen LogP contribution in [0.15, 0.2) is 58.7 Å². The molecule has 2 heterocycles. The van der Waals surface area contributed by atoms with Crippen LogP contribution in [0.1, 0.15) is 33.3 Å². The number of ether oxygens (including phenoxy) is 1. The monoisotopic (exact) mass is 451 g/mol. The molecule has 0 atom stereocenters. The lowest BCUT2D eigenvalue weighted by Crippen LogP contribution is -2.25. The minimum Gasteiger partial charge on any atom is -0.461 e. The maximum Gasteiger partial charge on any atom is 0.359 e. The smallest absolute Gasteiger partial charge is 0.359 e. The molecule has 0 aliphatic carbocycles. The van der Waals surface area contributed by atoms with Crippen LogP contribution in [0.4, 0.5) is 9.39 Å². The van der Waals surface area contributed by atoms with Crippen LogP contribution in [0, 0.1) is 12.7 Å². The summed E-state index contributed by atoms with van der Waals surface area (Å²) in [4.78, 5) is 38.6. The summed E-state index contributed by atoms with van der Waals surface area (Å²) in [6.07, 6.45) is 0. The molecule has 4 aromatic rings. The minimum atomic E-state index is -0.706. The van der Waals surface area contributed by atoms with Gasteiger partial charge < -0.3 is 10.1 Å². The highest BCUT2D eigenvalue weighted by molar-refractivity contribution is 7.16. The van der Waals surface area contributed by atoms with Gasteiger partial charge in [-0.05, 0) is 38.1 Å². The molecule has 0 fully saturated rings. The number of benzene rings is 2. The van der Waals surface area contributed by atoms with E-state index in [1.807, 2.05) is 19.1 Å². The lowest BCUT2D eigenvalue weighted by Gasteiger charge is -2.10. The number of fused-ring (bicyclic) bond motifs is 1. The number of thiophene rings is 1. The van der Waals surface area contributed by atoms with E-state index in [1.54, 1.807) is 24.4 Å². The summed E-state index contributed by atoms with van der Waals surface area (Å²) in [5.74, 6) is -2.08. The Morgan fingerprint density at radius 2 is 1.88 bits per heavy atom. The number of nitrogens with one attached hydrogen (secondary N) is 1. The first-order valence-corrected chi connectivity index (χ1v) is 10.6. The van der Waals surface area contributed by atoms with E-state index in [9.17, 15) is 18.8 Å². The van der Waals surface area contributed by atoms with Gasteiger partial charge in [-0.1, -0.05) is 29.8 Å². The van der Waals surface area contributed by atoms with Crippen LogP contribution in [0.2, 0.25) is 0 Å². The van der Waals surface area contributed by atoms with Gasteiger partial charge in [0, 0.05) is 10.8 Å². The van der Waals surface area contributed by atoms with Crippen LogP contribution < -0.4 is 10.9 Å². The average Bonchev–Trinajstić information content (AvgIpc) is 3.19. The lowest BCUT2D eigenvalue weighted by atomic mass is 10.2. The maximum atomic E-state index is 14.0. The van der Waals surface area contributed by atoms with E-state index in [1.165, 1.54) is 24.3 Å². The summed E-state index contributed by atoms with van der Waals surface area (Å²) < 4.78 is 20.2. The molecule has 0 bridgehead atoms. The van der Waals surface area contributed by atoms with Gasteiger partial charge in [-0.2, -0.15) is 9.78 Å². The lowest BCUT2D eigenvalue weighted by molar-refractivity contribution is 0.0520. The van der Waals surface area contributed by atoms with Crippen molar-refractivity contribution >= 4 is 39.0 Å².